The van der Waals surface area contributed by atoms with Gasteiger partial charge in [-0.05, 0) is 66.2 Å². The number of rotatable bonds is 2. The average Bonchev–Trinajstić information content (AvgIpc) is 2.33. The van der Waals surface area contributed by atoms with E-state index in [0.717, 1.165) is 22.5 Å². The van der Waals surface area contributed by atoms with E-state index in [1.54, 1.807) is 6.92 Å². The predicted molar refractivity (Wildman–Crippen MR) is 80.0 cm³/mol. The van der Waals surface area contributed by atoms with E-state index in [4.69, 9.17) is 0 Å². The van der Waals surface area contributed by atoms with Gasteiger partial charge in [0, 0.05) is 17.1 Å². The van der Waals surface area contributed by atoms with E-state index < -0.39 is 6.10 Å². The van der Waals surface area contributed by atoms with Crippen LogP contribution in [0.15, 0.2) is 22.7 Å². The molecule has 0 aliphatic carbocycles. The van der Waals surface area contributed by atoms with Crippen LogP contribution in [0.1, 0.15) is 45.3 Å². The normalized spacial score (nSPS) is 26.2. The lowest BCUT2D eigenvalue weighted by Crippen LogP contribution is -2.42. The summed E-state index contributed by atoms with van der Waals surface area (Å²) in [5.41, 5.74) is 2.21. The molecule has 1 aliphatic heterocycles. The number of anilines is 1. The zero-order valence-electron chi connectivity index (χ0n) is 11.4. The molecule has 0 bridgehead atoms. The SMILES string of the molecule is CC1CCCN(c2ccc([C@@H](C)O)cc2Br)C1C. The van der Waals surface area contributed by atoms with Crippen LogP contribution in [0.4, 0.5) is 5.69 Å². The molecule has 0 amide bonds. The lowest BCUT2D eigenvalue weighted by molar-refractivity contribution is 0.199. The molecule has 1 saturated heterocycles. The lowest BCUT2D eigenvalue weighted by Gasteiger charge is -2.40. The van der Waals surface area contributed by atoms with Crippen molar-refractivity contribution in [3.8, 4) is 0 Å². The minimum Gasteiger partial charge on any atom is -0.389 e. The van der Waals surface area contributed by atoms with Crippen LogP contribution in [0, 0.1) is 5.92 Å². The third-order valence-electron chi connectivity index (χ3n) is 4.14. The molecule has 2 nitrogen and oxygen atoms in total. The second-order valence-corrected chi connectivity index (χ2v) is 6.29. The number of piperidine rings is 1. The third-order valence-corrected chi connectivity index (χ3v) is 4.77. The molecule has 1 aromatic carbocycles. The van der Waals surface area contributed by atoms with Gasteiger partial charge in [0.1, 0.15) is 0 Å². The maximum absolute atomic E-state index is 9.61. The molecule has 1 N–H and O–H groups in total. The summed E-state index contributed by atoms with van der Waals surface area (Å²) in [6.07, 6.45) is 2.17. The second-order valence-electron chi connectivity index (χ2n) is 5.44. The fraction of sp³-hybridized carbons (Fsp3) is 0.600. The highest BCUT2D eigenvalue weighted by Gasteiger charge is 2.26. The van der Waals surface area contributed by atoms with Crippen LogP contribution in [-0.2, 0) is 0 Å². The molecule has 3 atom stereocenters. The molecule has 3 heteroatoms. The van der Waals surface area contributed by atoms with Crippen molar-refractivity contribution in [1.29, 1.82) is 0 Å². The Morgan fingerprint density at radius 3 is 2.72 bits per heavy atom. The van der Waals surface area contributed by atoms with Crippen molar-refractivity contribution in [2.24, 2.45) is 5.92 Å². The van der Waals surface area contributed by atoms with Gasteiger partial charge in [0.05, 0.1) is 11.8 Å². The summed E-state index contributed by atoms with van der Waals surface area (Å²) in [6, 6.07) is 6.76. The molecule has 0 radical (unpaired) electrons. The molecule has 0 spiro atoms. The predicted octanol–water partition coefficient (Wildman–Crippen LogP) is 4.13. The monoisotopic (exact) mass is 311 g/mol. The summed E-state index contributed by atoms with van der Waals surface area (Å²) in [4.78, 5) is 2.48. The van der Waals surface area contributed by atoms with Crippen molar-refractivity contribution in [2.45, 2.75) is 45.8 Å². The van der Waals surface area contributed by atoms with Gasteiger partial charge in [-0.2, -0.15) is 0 Å². The first-order valence-electron chi connectivity index (χ1n) is 6.75. The van der Waals surface area contributed by atoms with Crippen LogP contribution in [-0.4, -0.2) is 17.7 Å². The third kappa shape index (κ3) is 2.72. The minimum absolute atomic E-state index is 0.409. The van der Waals surface area contributed by atoms with Gasteiger partial charge in [-0.15, -0.1) is 0 Å². The smallest absolute Gasteiger partial charge is 0.0762 e. The number of aliphatic hydroxyl groups is 1. The Morgan fingerprint density at radius 2 is 2.11 bits per heavy atom. The van der Waals surface area contributed by atoms with E-state index >= 15 is 0 Å². The van der Waals surface area contributed by atoms with Gasteiger partial charge >= 0.3 is 0 Å². The Bertz CT molecular complexity index is 419. The zero-order valence-corrected chi connectivity index (χ0v) is 12.9. The molecule has 18 heavy (non-hydrogen) atoms. The first-order valence-corrected chi connectivity index (χ1v) is 7.54. The number of halogens is 1. The van der Waals surface area contributed by atoms with Gasteiger partial charge in [0.2, 0.25) is 0 Å². The Balaban J connectivity index is 2.27. The summed E-state index contributed by atoms with van der Waals surface area (Å²) in [6.45, 7) is 7.55. The van der Waals surface area contributed by atoms with Gasteiger partial charge in [-0.25, -0.2) is 0 Å². The quantitative estimate of drug-likeness (QED) is 0.887. The average molecular weight is 312 g/mol. The second kappa shape index (κ2) is 5.62. The van der Waals surface area contributed by atoms with Crippen molar-refractivity contribution >= 4 is 21.6 Å². The van der Waals surface area contributed by atoms with Gasteiger partial charge in [-0.1, -0.05) is 13.0 Å². The molecular weight excluding hydrogens is 290 g/mol. The first-order chi connectivity index (χ1) is 8.50. The fourth-order valence-electron chi connectivity index (χ4n) is 2.69. The van der Waals surface area contributed by atoms with Gasteiger partial charge < -0.3 is 10.0 Å². The van der Waals surface area contributed by atoms with E-state index in [1.165, 1.54) is 18.5 Å². The Labute approximate surface area is 118 Å². The van der Waals surface area contributed by atoms with Crippen molar-refractivity contribution in [3.05, 3.63) is 28.2 Å². The van der Waals surface area contributed by atoms with Gasteiger partial charge in [0.15, 0.2) is 0 Å². The summed E-state index contributed by atoms with van der Waals surface area (Å²) < 4.78 is 1.09. The van der Waals surface area contributed by atoms with E-state index in [2.05, 4.69) is 40.7 Å². The van der Waals surface area contributed by atoms with E-state index in [0.29, 0.717) is 6.04 Å². The highest BCUT2D eigenvalue weighted by atomic mass is 79.9. The standard InChI is InChI=1S/C15H22BrNO/c1-10-5-4-8-17(11(10)2)15-7-6-13(12(3)18)9-14(15)16/h6-7,9-12,18H,4-5,8H2,1-3H3/t10?,11?,12-/m1/s1. The maximum atomic E-state index is 9.61. The number of aliphatic hydroxyl groups excluding tert-OH is 1. The van der Waals surface area contributed by atoms with E-state index in [-0.39, 0.29) is 0 Å². The Morgan fingerprint density at radius 1 is 1.39 bits per heavy atom. The topological polar surface area (TPSA) is 23.5 Å². The van der Waals surface area contributed by atoms with Crippen LogP contribution >= 0.6 is 15.9 Å². The van der Waals surface area contributed by atoms with Crippen LogP contribution in [0.2, 0.25) is 0 Å². The molecule has 0 saturated carbocycles. The van der Waals surface area contributed by atoms with Crippen molar-refractivity contribution in [1.82, 2.24) is 0 Å². The number of hydrogen-bond acceptors (Lipinski definition) is 2. The molecule has 1 heterocycles. The maximum Gasteiger partial charge on any atom is 0.0762 e. The highest BCUT2D eigenvalue weighted by Crippen LogP contribution is 2.34. The molecule has 1 fully saturated rings. The molecule has 2 unspecified atom stereocenters. The summed E-state index contributed by atoms with van der Waals surface area (Å²) in [5, 5.41) is 9.61. The zero-order chi connectivity index (χ0) is 13.3. The summed E-state index contributed by atoms with van der Waals surface area (Å²) in [5.74, 6) is 0.738. The van der Waals surface area contributed by atoms with Crippen molar-refractivity contribution < 1.29 is 5.11 Å². The van der Waals surface area contributed by atoms with Gasteiger partial charge in [-0.3, -0.25) is 0 Å². The van der Waals surface area contributed by atoms with E-state index in [1.807, 2.05) is 12.1 Å². The fourth-order valence-corrected chi connectivity index (χ4v) is 3.32. The lowest BCUT2D eigenvalue weighted by atomic mass is 9.91. The summed E-state index contributed by atoms with van der Waals surface area (Å²) in [7, 11) is 0. The number of hydrogen-bond donors (Lipinski definition) is 1. The largest absolute Gasteiger partial charge is 0.389 e. The molecular formula is C15H22BrNO. The Hall–Kier alpha value is -0.540. The highest BCUT2D eigenvalue weighted by molar-refractivity contribution is 9.10. The van der Waals surface area contributed by atoms with Crippen molar-refractivity contribution in [2.75, 3.05) is 11.4 Å². The molecule has 2 rings (SSSR count). The van der Waals surface area contributed by atoms with Crippen LogP contribution in [0.5, 0.6) is 0 Å². The van der Waals surface area contributed by atoms with Gasteiger partial charge in [0.25, 0.3) is 0 Å². The van der Waals surface area contributed by atoms with Crippen LogP contribution < -0.4 is 4.90 Å². The Kier molecular flexibility index (Phi) is 4.33. The summed E-state index contributed by atoms with van der Waals surface area (Å²) >= 11 is 3.65. The number of nitrogens with zero attached hydrogens (tertiary/aromatic N) is 1. The van der Waals surface area contributed by atoms with E-state index in [9.17, 15) is 5.11 Å². The van der Waals surface area contributed by atoms with Crippen molar-refractivity contribution in [3.63, 3.8) is 0 Å². The minimum atomic E-state index is -0.409. The molecule has 100 valence electrons. The molecule has 0 aromatic heterocycles. The first kappa shape index (κ1) is 13.9. The molecule has 1 aromatic rings. The van der Waals surface area contributed by atoms with Crippen LogP contribution in [0.3, 0.4) is 0 Å². The van der Waals surface area contributed by atoms with Crippen LogP contribution in [0.25, 0.3) is 0 Å². The number of benzene rings is 1. The molecule has 1 aliphatic rings.